The monoisotopic (exact) mass is 459 g/mol. The van der Waals surface area contributed by atoms with Gasteiger partial charge in [-0.25, -0.2) is 13.6 Å². The number of hydrogen-bond donors (Lipinski definition) is 2. The number of benzene rings is 1. The van der Waals surface area contributed by atoms with E-state index < -0.39 is 54.3 Å². The van der Waals surface area contributed by atoms with Crippen molar-refractivity contribution >= 4 is 33.8 Å². The van der Waals surface area contributed by atoms with E-state index in [-0.39, 0.29) is 5.56 Å². The Balaban J connectivity index is 1.74. The van der Waals surface area contributed by atoms with Gasteiger partial charge in [-0.2, -0.15) is 0 Å². The molecule has 1 aromatic rings. The number of nitrogens with one attached hydrogen (secondary N) is 1. The summed E-state index contributed by atoms with van der Waals surface area (Å²) in [6.45, 7) is 0.777. The highest BCUT2D eigenvalue weighted by Crippen LogP contribution is 2.29. The van der Waals surface area contributed by atoms with Crippen LogP contribution in [0.1, 0.15) is 30.9 Å². The number of hydrogen-bond acceptors (Lipinski definition) is 5. The molecule has 4 amide bonds. The van der Waals surface area contributed by atoms with Crippen LogP contribution in [0.15, 0.2) is 22.7 Å². The molecule has 0 spiro atoms. The van der Waals surface area contributed by atoms with E-state index in [0.29, 0.717) is 30.5 Å². The van der Waals surface area contributed by atoms with Gasteiger partial charge in [-0.3, -0.25) is 19.8 Å². The summed E-state index contributed by atoms with van der Waals surface area (Å²) in [5, 5.41) is 2.11. The van der Waals surface area contributed by atoms with Gasteiger partial charge in [-0.05, 0) is 25.0 Å². The topological polar surface area (TPSA) is 102 Å². The van der Waals surface area contributed by atoms with Crippen LogP contribution in [-0.2, 0) is 14.3 Å². The van der Waals surface area contributed by atoms with Crippen LogP contribution in [0.3, 0.4) is 0 Å². The van der Waals surface area contributed by atoms with E-state index in [2.05, 4.69) is 21.2 Å². The van der Waals surface area contributed by atoms with Crippen molar-refractivity contribution in [1.29, 1.82) is 0 Å². The molecule has 0 radical (unpaired) electrons. The average molecular weight is 460 g/mol. The maximum Gasteiger partial charge on any atom is 0.331 e. The SMILES string of the molecule is NC(c1ccc(Br)cc1F)C(F)CC1C(=O)NC(=O)N(C2CCOCC2)C1=O. The first-order chi connectivity index (χ1) is 13.3. The molecule has 3 rings (SSSR count). The summed E-state index contributed by atoms with van der Waals surface area (Å²) in [5.41, 5.74) is 5.77. The molecule has 3 N–H and O–H groups in total. The fourth-order valence-corrected chi connectivity index (χ4v) is 3.80. The largest absolute Gasteiger partial charge is 0.381 e. The molecule has 10 heteroatoms. The van der Waals surface area contributed by atoms with Crippen molar-refractivity contribution < 1.29 is 27.9 Å². The highest BCUT2D eigenvalue weighted by molar-refractivity contribution is 9.10. The molecule has 3 unspecified atom stereocenters. The summed E-state index contributed by atoms with van der Waals surface area (Å²) in [6, 6.07) is 1.45. The van der Waals surface area contributed by atoms with Gasteiger partial charge in [-0.15, -0.1) is 0 Å². The van der Waals surface area contributed by atoms with Gasteiger partial charge in [0.25, 0.3) is 0 Å². The van der Waals surface area contributed by atoms with Crippen LogP contribution in [0.5, 0.6) is 0 Å². The number of imide groups is 2. The average Bonchev–Trinajstić information content (AvgIpc) is 2.65. The molecular weight excluding hydrogens is 440 g/mol. The Bertz CT molecular complexity index is 788. The number of urea groups is 1. The van der Waals surface area contributed by atoms with Crippen molar-refractivity contribution in [2.45, 2.75) is 37.5 Å². The molecule has 3 atom stereocenters. The van der Waals surface area contributed by atoms with Crippen LogP contribution in [0.25, 0.3) is 0 Å². The molecule has 7 nitrogen and oxygen atoms in total. The number of ether oxygens (including phenoxy) is 1. The number of alkyl halides is 1. The fraction of sp³-hybridized carbons (Fsp3) is 0.500. The highest BCUT2D eigenvalue weighted by atomic mass is 79.9. The minimum absolute atomic E-state index is 0.0586. The Morgan fingerprint density at radius 3 is 2.61 bits per heavy atom. The van der Waals surface area contributed by atoms with Crippen molar-refractivity contribution in [3.63, 3.8) is 0 Å². The van der Waals surface area contributed by atoms with Gasteiger partial charge in [0.1, 0.15) is 17.9 Å². The molecule has 2 heterocycles. The van der Waals surface area contributed by atoms with Gasteiger partial charge in [-0.1, -0.05) is 22.0 Å². The fourth-order valence-electron chi connectivity index (χ4n) is 3.47. The van der Waals surface area contributed by atoms with E-state index in [9.17, 15) is 23.2 Å². The number of amides is 4. The molecule has 2 aliphatic heterocycles. The van der Waals surface area contributed by atoms with Crippen molar-refractivity contribution in [1.82, 2.24) is 10.2 Å². The Labute approximate surface area is 168 Å². The lowest BCUT2D eigenvalue weighted by Gasteiger charge is -2.37. The lowest BCUT2D eigenvalue weighted by atomic mass is 9.91. The summed E-state index contributed by atoms with van der Waals surface area (Å²) < 4.78 is 34.6. The number of nitrogens with zero attached hydrogens (tertiary/aromatic N) is 1. The smallest absolute Gasteiger partial charge is 0.331 e. The van der Waals surface area contributed by atoms with Crippen LogP contribution >= 0.6 is 15.9 Å². The molecule has 28 heavy (non-hydrogen) atoms. The van der Waals surface area contributed by atoms with Crippen LogP contribution < -0.4 is 11.1 Å². The summed E-state index contributed by atoms with van der Waals surface area (Å²) in [6.07, 6.45) is -1.51. The van der Waals surface area contributed by atoms with Crippen molar-refractivity contribution in [2.75, 3.05) is 13.2 Å². The maximum absolute atomic E-state index is 14.8. The van der Waals surface area contributed by atoms with E-state index in [1.165, 1.54) is 12.1 Å². The third-order valence-corrected chi connectivity index (χ3v) is 5.52. The Morgan fingerprint density at radius 1 is 1.29 bits per heavy atom. The lowest BCUT2D eigenvalue weighted by molar-refractivity contribution is -0.146. The van der Waals surface area contributed by atoms with Gasteiger partial charge in [0, 0.05) is 35.7 Å². The number of nitrogens with two attached hydrogens (primary N) is 1. The lowest BCUT2D eigenvalue weighted by Crippen LogP contribution is -2.62. The molecule has 2 saturated heterocycles. The maximum atomic E-state index is 14.8. The molecule has 2 fully saturated rings. The second-order valence-electron chi connectivity index (χ2n) is 6.84. The Hall–Kier alpha value is -1.91. The number of halogens is 3. The van der Waals surface area contributed by atoms with Crippen molar-refractivity contribution in [2.24, 2.45) is 11.7 Å². The molecule has 1 aromatic carbocycles. The minimum atomic E-state index is -1.86. The van der Waals surface area contributed by atoms with Gasteiger partial charge >= 0.3 is 6.03 Å². The van der Waals surface area contributed by atoms with Crippen LogP contribution in [0.4, 0.5) is 13.6 Å². The van der Waals surface area contributed by atoms with Gasteiger partial charge in [0.05, 0.1) is 6.04 Å². The molecule has 0 aliphatic carbocycles. The molecule has 2 aliphatic rings. The summed E-state index contributed by atoms with van der Waals surface area (Å²) in [4.78, 5) is 38.0. The van der Waals surface area contributed by atoms with E-state index in [1.807, 2.05) is 0 Å². The van der Waals surface area contributed by atoms with Crippen LogP contribution in [-0.4, -0.2) is 48.2 Å². The van der Waals surface area contributed by atoms with Crippen LogP contribution in [0.2, 0.25) is 0 Å². The standard InChI is InChI=1S/C18H20BrF2N3O4/c19-9-1-2-11(13(20)7-9)15(22)14(21)8-12-16(25)23-18(27)24(17(12)26)10-3-5-28-6-4-10/h1-2,7,10,12,14-15H,3-6,8,22H2,(H,23,25,27). The quantitative estimate of drug-likeness (QED) is 0.657. The van der Waals surface area contributed by atoms with Gasteiger partial charge in [0.15, 0.2) is 0 Å². The zero-order valence-electron chi connectivity index (χ0n) is 14.9. The highest BCUT2D eigenvalue weighted by Gasteiger charge is 2.45. The van der Waals surface area contributed by atoms with Crippen LogP contribution in [0, 0.1) is 11.7 Å². The molecular formula is C18H20BrF2N3O4. The number of barbiturate groups is 1. The first-order valence-corrected chi connectivity index (χ1v) is 9.69. The predicted molar refractivity (Wildman–Crippen MR) is 98.3 cm³/mol. The number of rotatable bonds is 5. The Morgan fingerprint density at radius 2 is 1.96 bits per heavy atom. The normalized spacial score (nSPS) is 23.5. The Kier molecular flexibility index (Phi) is 6.41. The minimum Gasteiger partial charge on any atom is -0.381 e. The van der Waals surface area contributed by atoms with Gasteiger partial charge < -0.3 is 10.5 Å². The first kappa shape index (κ1) is 20.8. The zero-order valence-corrected chi connectivity index (χ0v) is 16.5. The second-order valence-corrected chi connectivity index (χ2v) is 7.76. The molecule has 0 saturated carbocycles. The number of carbonyl (C=O) groups is 3. The van der Waals surface area contributed by atoms with Gasteiger partial charge in [0.2, 0.25) is 11.8 Å². The number of carbonyl (C=O) groups excluding carboxylic acids is 3. The third-order valence-electron chi connectivity index (χ3n) is 5.03. The van der Waals surface area contributed by atoms with E-state index in [1.54, 1.807) is 0 Å². The second kappa shape index (κ2) is 8.62. The zero-order chi connectivity index (χ0) is 20.4. The third kappa shape index (κ3) is 4.23. The van der Waals surface area contributed by atoms with Crippen molar-refractivity contribution in [3.05, 3.63) is 34.1 Å². The summed E-state index contributed by atoms with van der Waals surface area (Å²) >= 11 is 3.11. The summed E-state index contributed by atoms with van der Waals surface area (Å²) in [5.74, 6) is -3.72. The van der Waals surface area contributed by atoms with E-state index in [0.717, 1.165) is 11.0 Å². The summed E-state index contributed by atoms with van der Waals surface area (Å²) in [7, 11) is 0. The first-order valence-electron chi connectivity index (χ1n) is 8.90. The molecule has 152 valence electrons. The van der Waals surface area contributed by atoms with E-state index in [4.69, 9.17) is 10.5 Å². The van der Waals surface area contributed by atoms with E-state index >= 15 is 0 Å². The molecule has 0 aromatic heterocycles. The van der Waals surface area contributed by atoms with Crippen molar-refractivity contribution in [3.8, 4) is 0 Å². The molecule has 0 bridgehead atoms. The predicted octanol–water partition coefficient (Wildman–Crippen LogP) is 2.19.